The van der Waals surface area contributed by atoms with Crippen molar-refractivity contribution in [2.24, 2.45) is 0 Å². The monoisotopic (exact) mass is 302 g/mol. The number of hydrogen-bond donors (Lipinski definition) is 1. The Morgan fingerprint density at radius 2 is 1.59 bits per heavy atom. The summed E-state index contributed by atoms with van der Waals surface area (Å²) in [5.41, 5.74) is 3.82. The lowest BCUT2D eigenvalue weighted by atomic mass is 9.83. The van der Waals surface area contributed by atoms with Gasteiger partial charge in [0, 0.05) is 0 Å². The van der Waals surface area contributed by atoms with Crippen molar-refractivity contribution in [2.75, 3.05) is 0 Å². The number of benzene rings is 1. The fourth-order valence-corrected chi connectivity index (χ4v) is 2.80. The van der Waals surface area contributed by atoms with Gasteiger partial charge in [-0.1, -0.05) is 32.9 Å². The van der Waals surface area contributed by atoms with Crippen LogP contribution in [-0.2, 0) is 16.8 Å². The summed E-state index contributed by atoms with van der Waals surface area (Å²) in [5.74, 6) is -0.170. The highest BCUT2D eigenvalue weighted by molar-refractivity contribution is 6.06. The van der Waals surface area contributed by atoms with Gasteiger partial charge in [-0.2, -0.15) is 0 Å². The summed E-state index contributed by atoms with van der Waals surface area (Å²) in [6.45, 7) is 14.4. The van der Waals surface area contributed by atoms with Crippen molar-refractivity contribution >= 4 is 11.9 Å². The zero-order valence-electron chi connectivity index (χ0n) is 14.6. The number of aryl methyl sites for hydroxylation is 2. The molecule has 3 amide bonds. The van der Waals surface area contributed by atoms with Crippen LogP contribution in [0.2, 0.25) is 0 Å². The van der Waals surface area contributed by atoms with E-state index in [1.807, 2.05) is 13.8 Å². The van der Waals surface area contributed by atoms with Crippen LogP contribution in [0.4, 0.5) is 4.79 Å². The fraction of sp³-hybridized carbons (Fsp3) is 0.556. The molecular weight excluding hydrogens is 276 g/mol. The first-order chi connectivity index (χ1) is 9.93. The Bertz CT molecular complexity index is 616. The predicted molar refractivity (Wildman–Crippen MR) is 87.8 cm³/mol. The molecule has 1 aromatic carbocycles. The topological polar surface area (TPSA) is 49.4 Å². The summed E-state index contributed by atoms with van der Waals surface area (Å²) in [6, 6.07) is 4.01. The Balaban J connectivity index is 2.36. The molecule has 0 atom stereocenters. The van der Waals surface area contributed by atoms with E-state index in [0.29, 0.717) is 6.54 Å². The number of carbonyl (C=O) groups excluding carboxylic acids is 2. The van der Waals surface area contributed by atoms with E-state index in [-0.39, 0.29) is 17.4 Å². The van der Waals surface area contributed by atoms with E-state index in [4.69, 9.17) is 0 Å². The Hall–Kier alpha value is -1.84. The smallest absolute Gasteiger partial charge is 0.324 e. The first-order valence-electron chi connectivity index (χ1n) is 7.68. The van der Waals surface area contributed by atoms with Crippen LogP contribution in [0.1, 0.15) is 56.9 Å². The molecule has 1 fully saturated rings. The number of hydrogen-bond acceptors (Lipinski definition) is 2. The summed E-state index contributed by atoms with van der Waals surface area (Å²) >= 11 is 0. The fourth-order valence-electron chi connectivity index (χ4n) is 2.80. The zero-order valence-corrected chi connectivity index (χ0v) is 14.6. The van der Waals surface area contributed by atoms with E-state index in [1.54, 1.807) is 13.8 Å². The second-order valence-corrected chi connectivity index (χ2v) is 7.79. The van der Waals surface area contributed by atoms with Crippen LogP contribution in [0.25, 0.3) is 0 Å². The van der Waals surface area contributed by atoms with Crippen LogP contribution in [0.5, 0.6) is 0 Å². The lowest BCUT2D eigenvalue weighted by Crippen LogP contribution is -2.40. The van der Waals surface area contributed by atoms with Gasteiger partial charge < -0.3 is 5.32 Å². The number of nitrogens with one attached hydrogen (secondary N) is 1. The first kappa shape index (κ1) is 16.5. The van der Waals surface area contributed by atoms with E-state index < -0.39 is 5.54 Å². The maximum absolute atomic E-state index is 12.3. The zero-order chi connectivity index (χ0) is 16.9. The van der Waals surface area contributed by atoms with Crippen molar-refractivity contribution in [2.45, 2.75) is 66.0 Å². The normalized spacial score (nSPS) is 17.9. The van der Waals surface area contributed by atoms with Crippen molar-refractivity contribution in [1.82, 2.24) is 10.2 Å². The average molecular weight is 302 g/mol. The average Bonchev–Trinajstić information content (AvgIpc) is 2.53. The molecule has 1 saturated heterocycles. The van der Waals surface area contributed by atoms with Crippen molar-refractivity contribution in [3.05, 3.63) is 34.4 Å². The van der Waals surface area contributed by atoms with Gasteiger partial charge in [-0.05, 0) is 55.4 Å². The quantitative estimate of drug-likeness (QED) is 0.851. The van der Waals surface area contributed by atoms with Crippen LogP contribution < -0.4 is 5.32 Å². The summed E-state index contributed by atoms with van der Waals surface area (Å²) in [7, 11) is 0. The van der Waals surface area contributed by atoms with Gasteiger partial charge in [-0.3, -0.25) is 9.69 Å². The molecule has 4 nitrogen and oxygen atoms in total. The van der Waals surface area contributed by atoms with E-state index >= 15 is 0 Å². The number of urea groups is 1. The molecule has 1 aromatic rings. The molecule has 1 N–H and O–H groups in total. The largest absolute Gasteiger partial charge is 0.325 e. The van der Waals surface area contributed by atoms with Gasteiger partial charge in [0.1, 0.15) is 5.54 Å². The molecular formula is C18H26N2O2. The standard InChI is InChI=1S/C18H26N2O2/c1-11-8-13(17(3,4)5)9-12(2)14(11)10-20-15(21)18(6,7)19-16(20)22/h8-9H,10H2,1-7H3,(H,19,22). The molecule has 22 heavy (non-hydrogen) atoms. The maximum Gasteiger partial charge on any atom is 0.325 e. The van der Waals surface area contributed by atoms with Crippen LogP contribution in [0.15, 0.2) is 12.1 Å². The van der Waals surface area contributed by atoms with E-state index in [0.717, 1.165) is 16.7 Å². The van der Waals surface area contributed by atoms with E-state index in [1.165, 1.54) is 10.5 Å². The summed E-state index contributed by atoms with van der Waals surface area (Å²) in [6.07, 6.45) is 0. The maximum atomic E-state index is 12.3. The minimum Gasteiger partial charge on any atom is -0.324 e. The number of carbonyl (C=O) groups is 2. The molecule has 1 aliphatic rings. The molecule has 1 heterocycles. The molecule has 0 spiro atoms. The number of rotatable bonds is 2. The van der Waals surface area contributed by atoms with Gasteiger partial charge in [0.25, 0.3) is 5.91 Å². The third-order valence-corrected chi connectivity index (χ3v) is 4.32. The second kappa shape index (κ2) is 5.11. The van der Waals surface area contributed by atoms with Gasteiger partial charge in [0.2, 0.25) is 0 Å². The molecule has 0 bridgehead atoms. The molecule has 0 aliphatic carbocycles. The Labute approximate surface area is 132 Å². The van der Waals surface area contributed by atoms with Gasteiger partial charge >= 0.3 is 6.03 Å². The van der Waals surface area contributed by atoms with Gasteiger partial charge in [-0.15, -0.1) is 0 Å². The minimum absolute atomic E-state index is 0.0802. The molecule has 0 saturated carbocycles. The van der Waals surface area contributed by atoms with Crippen LogP contribution >= 0.6 is 0 Å². The lowest BCUT2D eigenvalue weighted by molar-refractivity contribution is -0.130. The van der Waals surface area contributed by atoms with Crippen LogP contribution in [0.3, 0.4) is 0 Å². The Morgan fingerprint density at radius 3 is 1.95 bits per heavy atom. The highest BCUT2D eigenvalue weighted by Gasteiger charge is 2.44. The van der Waals surface area contributed by atoms with Gasteiger partial charge in [-0.25, -0.2) is 4.79 Å². The second-order valence-electron chi connectivity index (χ2n) is 7.79. The SMILES string of the molecule is Cc1cc(C(C)(C)C)cc(C)c1CN1C(=O)NC(C)(C)C1=O. The molecule has 0 radical (unpaired) electrons. The van der Waals surface area contributed by atoms with Crippen molar-refractivity contribution in [3.63, 3.8) is 0 Å². The molecule has 4 heteroatoms. The summed E-state index contributed by atoms with van der Waals surface area (Å²) in [4.78, 5) is 25.7. The number of amides is 3. The lowest BCUT2D eigenvalue weighted by Gasteiger charge is -2.24. The predicted octanol–water partition coefficient (Wildman–Crippen LogP) is 3.43. The Kier molecular flexibility index (Phi) is 3.84. The van der Waals surface area contributed by atoms with Crippen molar-refractivity contribution < 1.29 is 9.59 Å². The molecule has 0 unspecified atom stereocenters. The number of nitrogens with zero attached hydrogens (tertiary/aromatic N) is 1. The summed E-state index contributed by atoms with van der Waals surface area (Å²) < 4.78 is 0. The van der Waals surface area contributed by atoms with Crippen LogP contribution in [0, 0.1) is 13.8 Å². The van der Waals surface area contributed by atoms with E-state index in [2.05, 4.69) is 38.2 Å². The highest BCUT2D eigenvalue weighted by atomic mass is 16.2. The molecule has 120 valence electrons. The number of imide groups is 1. The van der Waals surface area contributed by atoms with Crippen molar-refractivity contribution in [1.29, 1.82) is 0 Å². The molecule has 2 rings (SSSR count). The Morgan fingerprint density at radius 1 is 1.09 bits per heavy atom. The minimum atomic E-state index is -0.815. The van der Waals surface area contributed by atoms with Crippen molar-refractivity contribution in [3.8, 4) is 0 Å². The highest BCUT2D eigenvalue weighted by Crippen LogP contribution is 2.28. The third kappa shape index (κ3) is 2.87. The third-order valence-electron chi connectivity index (χ3n) is 4.32. The summed E-state index contributed by atoms with van der Waals surface area (Å²) in [5, 5.41) is 2.73. The first-order valence-corrected chi connectivity index (χ1v) is 7.68. The van der Waals surface area contributed by atoms with Gasteiger partial charge in [0.15, 0.2) is 0 Å². The van der Waals surface area contributed by atoms with Crippen LogP contribution in [-0.4, -0.2) is 22.4 Å². The molecule has 0 aromatic heterocycles. The molecule has 1 aliphatic heterocycles. The van der Waals surface area contributed by atoms with Gasteiger partial charge in [0.05, 0.1) is 6.54 Å². The van der Waals surface area contributed by atoms with E-state index in [9.17, 15) is 9.59 Å².